The van der Waals surface area contributed by atoms with Gasteiger partial charge in [-0.1, -0.05) is 30.2 Å². The van der Waals surface area contributed by atoms with Crippen LogP contribution in [0.25, 0.3) is 6.08 Å². The summed E-state index contributed by atoms with van der Waals surface area (Å²) in [6, 6.07) is 4.18. The van der Waals surface area contributed by atoms with Gasteiger partial charge in [-0.15, -0.1) is 0 Å². The molecule has 1 aromatic rings. The van der Waals surface area contributed by atoms with E-state index in [1.165, 1.54) is 5.57 Å². The zero-order chi connectivity index (χ0) is 15.1. The number of nitrogens with one attached hydrogen (secondary N) is 1. The van der Waals surface area contributed by atoms with E-state index in [2.05, 4.69) is 32.2 Å². The summed E-state index contributed by atoms with van der Waals surface area (Å²) in [6.07, 6.45) is 2.11. The Kier molecular flexibility index (Phi) is 6.89. The highest BCUT2D eigenvalue weighted by Crippen LogP contribution is 2.36. The Morgan fingerprint density at radius 2 is 2.10 bits per heavy atom. The molecule has 0 aromatic heterocycles. The van der Waals surface area contributed by atoms with Gasteiger partial charge in [0.15, 0.2) is 11.5 Å². The summed E-state index contributed by atoms with van der Waals surface area (Å²) in [4.78, 5) is 0. The van der Waals surface area contributed by atoms with Crippen LogP contribution >= 0.6 is 11.6 Å². The minimum absolute atomic E-state index is 0.330. The van der Waals surface area contributed by atoms with E-state index < -0.39 is 0 Å². The fourth-order valence-electron chi connectivity index (χ4n) is 1.99. The highest BCUT2D eigenvalue weighted by atomic mass is 35.5. The molecule has 0 amide bonds. The average Bonchev–Trinajstić information content (AvgIpc) is 2.39. The predicted molar refractivity (Wildman–Crippen MR) is 86.0 cm³/mol. The Morgan fingerprint density at radius 3 is 2.65 bits per heavy atom. The summed E-state index contributed by atoms with van der Waals surface area (Å²) in [5.74, 6) is 1.26. The van der Waals surface area contributed by atoms with Gasteiger partial charge < -0.3 is 14.8 Å². The molecule has 112 valence electrons. The van der Waals surface area contributed by atoms with Gasteiger partial charge in [0.1, 0.15) is 0 Å². The smallest absolute Gasteiger partial charge is 0.179 e. The van der Waals surface area contributed by atoms with Gasteiger partial charge in [0.2, 0.25) is 0 Å². The second-order valence-corrected chi connectivity index (χ2v) is 5.04. The van der Waals surface area contributed by atoms with Crippen molar-refractivity contribution in [2.75, 3.05) is 20.3 Å². The van der Waals surface area contributed by atoms with E-state index in [1.54, 1.807) is 7.11 Å². The lowest BCUT2D eigenvalue weighted by atomic mass is 10.1. The molecule has 1 aromatic carbocycles. The van der Waals surface area contributed by atoms with Crippen molar-refractivity contribution in [2.24, 2.45) is 0 Å². The van der Waals surface area contributed by atoms with E-state index in [1.807, 2.05) is 19.1 Å². The highest BCUT2D eigenvalue weighted by Gasteiger charge is 2.11. The van der Waals surface area contributed by atoms with Crippen LogP contribution in [-0.4, -0.2) is 26.3 Å². The monoisotopic (exact) mass is 297 g/mol. The van der Waals surface area contributed by atoms with Crippen molar-refractivity contribution in [3.8, 4) is 11.5 Å². The molecule has 0 fully saturated rings. The molecule has 0 radical (unpaired) electrons. The maximum absolute atomic E-state index is 6.24. The van der Waals surface area contributed by atoms with E-state index in [-0.39, 0.29) is 0 Å². The van der Waals surface area contributed by atoms with E-state index in [0.717, 1.165) is 12.1 Å². The lowest BCUT2D eigenvalue weighted by Gasteiger charge is -2.15. The number of methoxy groups -OCH3 is 1. The van der Waals surface area contributed by atoms with Crippen LogP contribution in [0.4, 0.5) is 0 Å². The first kappa shape index (κ1) is 16.9. The zero-order valence-corrected chi connectivity index (χ0v) is 13.7. The van der Waals surface area contributed by atoms with E-state index >= 15 is 0 Å². The third-order valence-corrected chi connectivity index (χ3v) is 3.40. The second kappa shape index (κ2) is 8.18. The third-order valence-electron chi connectivity index (χ3n) is 3.12. The van der Waals surface area contributed by atoms with Crippen molar-refractivity contribution >= 4 is 17.7 Å². The van der Waals surface area contributed by atoms with Crippen LogP contribution in [0.15, 0.2) is 17.7 Å². The summed E-state index contributed by atoms with van der Waals surface area (Å²) in [6.45, 7) is 9.80. The molecule has 20 heavy (non-hydrogen) atoms. The minimum atomic E-state index is 0.330. The van der Waals surface area contributed by atoms with Gasteiger partial charge in [0.25, 0.3) is 0 Å². The van der Waals surface area contributed by atoms with E-state index in [0.29, 0.717) is 29.2 Å². The predicted octanol–water partition coefficient (Wildman–Crippen LogP) is 4.15. The third kappa shape index (κ3) is 4.43. The van der Waals surface area contributed by atoms with Crippen LogP contribution in [0, 0.1) is 0 Å². The lowest BCUT2D eigenvalue weighted by molar-refractivity contribution is 0.311. The highest BCUT2D eigenvalue weighted by molar-refractivity contribution is 6.32. The molecular formula is C16H24ClNO2. The normalized spacial score (nSPS) is 13.2. The number of rotatable bonds is 7. The molecule has 1 atom stereocenters. The van der Waals surface area contributed by atoms with Gasteiger partial charge in [-0.25, -0.2) is 0 Å². The first-order valence-electron chi connectivity index (χ1n) is 6.95. The number of ether oxygens (including phenoxy) is 2. The summed E-state index contributed by atoms with van der Waals surface area (Å²) < 4.78 is 10.9. The Morgan fingerprint density at radius 1 is 1.40 bits per heavy atom. The molecule has 0 saturated heterocycles. The summed E-state index contributed by atoms with van der Waals surface area (Å²) in [5.41, 5.74) is 2.26. The SMILES string of the molecule is CCNC(C)/C(C)=C/c1cc(Cl)c(OC)c(OCC)c1. The second-order valence-electron chi connectivity index (χ2n) is 4.63. The largest absolute Gasteiger partial charge is 0.491 e. The summed E-state index contributed by atoms with van der Waals surface area (Å²) in [5, 5.41) is 3.95. The number of likely N-dealkylation sites (N-methyl/N-ethyl adjacent to an activating group) is 1. The molecule has 1 N–H and O–H groups in total. The van der Waals surface area contributed by atoms with Crippen LogP contribution < -0.4 is 14.8 Å². The van der Waals surface area contributed by atoms with Crippen molar-refractivity contribution in [1.29, 1.82) is 0 Å². The molecule has 0 heterocycles. The first-order chi connectivity index (χ1) is 9.53. The Bertz CT molecular complexity index is 472. The van der Waals surface area contributed by atoms with Gasteiger partial charge in [0, 0.05) is 6.04 Å². The van der Waals surface area contributed by atoms with Crippen molar-refractivity contribution in [1.82, 2.24) is 5.32 Å². The topological polar surface area (TPSA) is 30.5 Å². The van der Waals surface area contributed by atoms with E-state index in [9.17, 15) is 0 Å². The number of halogens is 1. The van der Waals surface area contributed by atoms with Gasteiger partial charge in [-0.3, -0.25) is 0 Å². The van der Waals surface area contributed by atoms with E-state index in [4.69, 9.17) is 21.1 Å². The van der Waals surface area contributed by atoms with Crippen molar-refractivity contribution in [2.45, 2.75) is 33.7 Å². The molecule has 0 aliphatic heterocycles. The molecule has 1 unspecified atom stereocenters. The maximum atomic E-state index is 6.24. The van der Waals surface area contributed by atoms with Crippen molar-refractivity contribution in [3.63, 3.8) is 0 Å². The van der Waals surface area contributed by atoms with Gasteiger partial charge >= 0.3 is 0 Å². The summed E-state index contributed by atoms with van der Waals surface area (Å²) in [7, 11) is 1.59. The maximum Gasteiger partial charge on any atom is 0.179 e. The van der Waals surface area contributed by atoms with Crippen LogP contribution in [0.5, 0.6) is 11.5 Å². The van der Waals surface area contributed by atoms with Crippen molar-refractivity contribution in [3.05, 3.63) is 28.3 Å². The zero-order valence-electron chi connectivity index (χ0n) is 12.9. The van der Waals surface area contributed by atoms with Crippen LogP contribution in [-0.2, 0) is 0 Å². The molecule has 4 heteroatoms. The Hall–Kier alpha value is -1.19. The molecule has 1 rings (SSSR count). The standard InChI is InChI=1S/C16H24ClNO2/c1-6-18-12(4)11(3)8-13-9-14(17)16(19-5)15(10-13)20-7-2/h8-10,12,18H,6-7H2,1-5H3/b11-8+. The number of hydrogen-bond acceptors (Lipinski definition) is 3. The van der Waals surface area contributed by atoms with Crippen molar-refractivity contribution < 1.29 is 9.47 Å². The molecule has 0 saturated carbocycles. The molecule has 0 bridgehead atoms. The van der Waals surface area contributed by atoms with Crippen LogP contribution in [0.3, 0.4) is 0 Å². The van der Waals surface area contributed by atoms with Crippen LogP contribution in [0.2, 0.25) is 5.02 Å². The minimum Gasteiger partial charge on any atom is -0.491 e. The first-order valence-corrected chi connectivity index (χ1v) is 7.33. The fourth-order valence-corrected chi connectivity index (χ4v) is 2.28. The lowest BCUT2D eigenvalue weighted by Crippen LogP contribution is -2.26. The molecule has 0 aliphatic rings. The summed E-state index contributed by atoms with van der Waals surface area (Å²) >= 11 is 6.24. The average molecular weight is 298 g/mol. The molecule has 0 spiro atoms. The molecule has 3 nitrogen and oxygen atoms in total. The van der Waals surface area contributed by atoms with Gasteiger partial charge in [-0.05, 0) is 45.0 Å². The van der Waals surface area contributed by atoms with Gasteiger partial charge in [-0.2, -0.15) is 0 Å². The quantitative estimate of drug-likeness (QED) is 0.820. The van der Waals surface area contributed by atoms with Gasteiger partial charge in [0.05, 0.1) is 18.7 Å². The molecular weight excluding hydrogens is 274 g/mol. The fraction of sp³-hybridized carbons (Fsp3) is 0.500. The molecule has 0 aliphatic carbocycles. The number of benzene rings is 1. The number of hydrogen-bond donors (Lipinski definition) is 1. The Labute approximate surface area is 126 Å². The van der Waals surface area contributed by atoms with Crippen LogP contribution in [0.1, 0.15) is 33.3 Å². The Balaban J connectivity index is 3.10.